The lowest BCUT2D eigenvalue weighted by Crippen LogP contribution is -2.34. The zero-order valence-electron chi connectivity index (χ0n) is 10.7. The van der Waals surface area contributed by atoms with Crippen LogP contribution in [0.1, 0.15) is 25.3 Å². The molecular formula is C14H20N2O2. The van der Waals surface area contributed by atoms with Gasteiger partial charge in [-0.15, -0.1) is 0 Å². The van der Waals surface area contributed by atoms with E-state index in [1.165, 1.54) is 6.92 Å². The van der Waals surface area contributed by atoms with Crippen LogP contribution >= 0.6 is 0 Å². The number of para-hydroxylation sites is 1. The molecule has 1 aliphatic heterocycles. The first-order valence-electron chi connectivity index (χ1n) is 6.42. The van der Waals surface area contributed by atoms with Gasteiger partial charge in [-0.2, -0.15) is 0 Å². The summed E-state index contributed by atoms with van der Waals surface area (Å²) in [5.41, 5.74) is 2.02. The fourth-order valence-electron chi connectivity index (χ4n) is 2.14. The number of amides is 1. The van der Waals surface area contributed by atoms with Gasteiger partial charge in [-0.3, -0.25) is 4.79 Å². The molecule has 2 rings (SSSR count). The van der Waals surface area contributed by atoms with E-state index in [2.05, 4.69) is 10.6 Å². The van der Waals surface area contributed by atoms with E-state index in [0.717, 1.165) is 43.9 Å². The highest BCUT2D eigenvalue weighted by molar-refractivity contribution is 5.89. The standard InChI is InChI=1S/C14H20N2O2/c1-11(17)16-14-5-3-2-4-12(14)10-15-13-6-8-18-9-7-13/h2-5,13,15H,6-10H2,1H3,(H,16,17). The van der Waals surface area contributed by atoms with Crippen LogP contribution in [-0.4, -0.2) is 25.2 Å². The molecule has 0 bridgehead atoms. The Bertz CT molecular complexity index is 401. The fourth-order valence-corrected chi connectivity index (χ4v) is 2.14. The molecule has 0 unspecified atom stereocenters. The quantitative estimate of drug-likeness (QED) is 0.856. The molecule has 1 fully saturated rings. The predicted molar refractivity (Wildman–Crippen MR) is 71.4 cm³/mol. The summed E-state index contributed by atoms with van der Waals surface area (Å²) in [7, 11) is 0. The molecule has 0 saturated carbocycles. The van der Waals surface area contributed by atoms with Crippen molar-refractivity contribution in [2.75, 3.05) is 18.5 Å². The summed E-state index contributed by atoms with van der Waals surface area (Å²) >= 11 is 0. The number of carbonyl (C=O) groups excluding carboxylic acids is 1. The van der Waals surface area contributed by atoms with E-state index in [4.69, 9.17) is 4.74 Å². The van der Waals surface area contributed by atoms with Crippen molar-refractivity contribution < 1.29 is 9.53 Å². The molecule has 4 nitrogen and oxygen atoms in total. The first kappa shape index (κ1) is 13.1. The van der Waals surface area contributed by atoms with Crippen molar-refractivity contribution in [3.8, 4) is 0 Å². The Kier molecular flexibility index (Phi) is 4.73. The average molecular weight is 248 g/mol. The molecule has 1 saturated heterocycles. The van der Waals surface area contributed by atoms with Gasteiger partial charge in [-0.1, -0.05) is 18.2 Å². The lowest BCUT2D eigenvalue weighted by molar-refractivity contribution is -0.114. The van der Waals surface area contributed by atoms with E-state index >= 15 is 0 Å². The molecule has 4 heteroatoms. The van der Waals surface area contributed by atoms with E-state index < -0.39 is 0 Å². The van der Waals surface area contributed by atoms with E-state index in [1.807, 2.05) is 24.3 Å². The minimum atomic E-state index is -0.0338. The second-order valence-corrected chi connectivity index (χ2v) is 4.61. The SMILES string of the molecule is CC(=O)Nc1ccccc1CNC1CCOCC1. The van der Waals surface area contributed by atoms with Crippen LogP contribution < -0.4 is 10.6 Å². The Morgan fingerprint density at radius 1 is 1.33 bits per heavy atom. The van der Waals surface area contributed by atoms with Crippen LogP contribution in [0.15, 0.2) is 24.3 Å². The summed E-state index contributed by atoms with van der Waals surface area (Å²) in [4.78, 5) is 11.1. The largest absolute Gasteiger partial charge is 0.381 e. The zero-order chi connectivity index (χ0) is 12.8. The van der Waals surface area contributed by atoms with Gasteiger partial charge in [0.25, 0.3) is 0 Å². The Hall–Kier alpha value is -1.39. The van der Waals surface area contributed by atoms with E-state index in [1.54, 1.807) is 0 Å². The van der Waals surface area contributed by atoms with Crippen molar-refractivity contribution in [1.29, 1.82) is 0 Å². The Morgan fingerprint density at radius 2 is 2.06 bits per heavy atom. The van der Waals surface area contributed by atoms with Crippen LogP contribution in [0.25, 0.3) is 0 Å². The summed E-state index contributed by atoms with van der Waals surface area (Å²) in [6, 6.07) is 8.42. The van der Waals surface area contributed by atoms with Gasteiger partial charge in [0.1, 0.15) is 0 Å². The van der Waals surface area contributed by atoms with Crippen molar-refractivity contribution in [1.82, 2.24) is 5.32 Å². The molecule has 1 heterocycles. The second kappa shape index (κ2) is 6.52. The molecule has 0 spiro atoms. The van der Waals surface area contributed by atoms with Crippen molar-refractivity contribution in [3.63, 3.8) is 0 Å². The van der Waals surface area contributed by atoms with E-state index in [0.29, 0.717) is 6.04 Å². The lowest BCUT2D eigenvalue weighted by atomic mass is 10.1. The van der Waals surface area contributed by atoms with Crippen molar-refractivity contribution in [2.24, 2.45) is 0 Å². The molecule has 1 aromatic rings. The lowest BCUT2D eigenvalue weighted by Gasteiger charge is -2.23. The summed E-state index contributed by atoms with van der Waals surface area (Å²) in [6.07, 6.45) is 2.12. The number of ether oxygens (including phenoxy) is 1. The van der Waals surface area contributed by atoms with Gasteiger partial charge >= 0.3 is 0 Å². The first-order chi connectivity index (χ1) is 8.75. The maximum absolute atomic E-state index is 11.1. The summed E-state index contributed by atoms with van der Waals surface area (Å²) in [6.45, 7) is 3.99. The zero-order valence-corrected chi connectivity index (χ0v) is 10.7. The smallest absolute Gasteiger partial charge is 0.221 e. The van der Waals surface area contributed by atoms with Gasteiger partial charge in [-0.05, 0) is 24.5 Å². The maximum Gasteiger partial charge on any atom is 0.221 e. The van der Waals surface area contributed by atoms with Crippen LogP contribution in [0, 0.1) is 0 Å². The second-order valence-electron chi connectivity index (χ2n) is 4.61. The van der Waals surface area contributed by atoms with Crippen LogP contribution in [0.2, 0.25) is 0 Å². The number of nitrogens with one attached hydrogen (secondary N) is 2. The molecular weight excluding hydrogens is 228 g/mol. The van der Waals surface area contributed by atoms with Crippen molar-refractivity contribution >= 4 is 11.6 Å². The molecule has 1 aromatic carbocycles. The summed E-state index contributed by atoms with van der Waals surface area (Å²) in [5, 5.41) is 6.38. The number of hydrogen-bond acceptors (Lipinski definition) is 3. The van der Waals surface area contributed by atoms with Gasteiger partial charge < -0.3 is 15.4 Å². The van der Waals surface area contributed by atoms with Crippen LogP contribution in [0.4, 0.5) is 5.69 Å². The average Bonchev–Trinajstić information content (AvgIpc) is 2.38. The number of hydrogen-bond donors (Lipinski definition) is 2. The van der Waals surface area contributed by atoms with Gasteiger partial charge in [0, 0.05) is 38.4 Å². The number of carbonyl (C=O) groups is 1. The third-order valence-corrected chi connectivity index (χ3v) is 3.13. The van der Waals surface area contributed by atoms with Crippen LogP contribution in [0.5, 0.6) is 0 Å². The van der Waals surface area contributed by atoms with Crippen molar-refractivity contribution in [3.05, 3.63) is 29.8 Å². The topological polar surface area (TPSA) is 50.4 Å². The van der Waals surface area contributed by atoms with Gasteiger partial charge in [-0.25, -0.2) is 0 Å². The monoisotopic (exact) mass is 248 g/mol. The highest BCUT2D eigenvalue weighted by Gasteiger charge is 2.13. The Labute approximate surface area is 108 Å². The molecule has 1 aliphatic rings. The minimum Gasteiger partial charge on any atom is -0.381 e. The number of anilines is 1. The van der Waals surface area contributed by atoms with Crippen LogP contribution in [0.3, 0.4) is 0 Å². The normalized spacial score (nSPS) is 16.5. The highest BCUT2D eigenvalue weighted by Crippen LogP contribution is 2.16. The van der Waals surface area contributed by atoms with Crippen LogP contribution in [-0.2, 0) is 16.1 Å². The van der Waals surface area contributed by atoms with E-state index in [-0.39, 0.29) is 5.91 Å². The molecule has 0 radical (unpaired) electrons. The third-order valence-electron chi connectivity index (χ3n) is 3.13. The van der Waals surface area contributed by atoms with Gasteiger partial charge in [0.15, 0.2) is 0 Å². The molecule has 1 amide bonds. The molecule has 2 N–H and O–H groups in total. The van der Waals surface area contributed by atoms with E-state index in [9.17, 15) is 4.79 Å². The molecule has 18 heavy (non-hydrogen) atoms. The summed E-state index contributed by atoms with van der Waals surface area (Å²) < 4.78 is 5.33. The minimum absolute atomic E-state index is 0.0338. The Morgan fingerprint density at radius 3 is 2.78 bits per heavy atom. The van der Waals surface area contributed by atoms with Crippen molar-refractivity contribution in [2.45, 2.75) is 32.4 Å². The first-order valence-corrected chi connectivity index (χ1v) is 6.42. The third kappa shape index (κ3) is 3.82. The summed E-state index contributed by atoms with van der Waals surface area (Å²) in [5.74, 6) is -0.0338. The highest BCUT2D eigenvalue weighted by atomic mass is 16.5. The van der Waals surface area contributed by atoms with Gasteiger partial charge in [0.2, 0.25) is 5.91 Å². The molecule has 0 aromatic heterocycles. The fraction of sp³-hybridized carbons (Fsp3) is 0.500. The predicted octanol–water partition coefficient (Wildman–Crippen LogP) is 1.91. The molecule has 0 atom stereocenters. The number of rotatable bonds is 4. The number of benzene rings is 1. The van der Waals surface area contributed by atoms with Gasteiger partial charge in [0.05, 0.1) is 0 Å². The molecule has 98 valence electrons. The maximum atomic E-state index is 11.1. The molecule has 0 aliphatic carbocycles. The Balaban J connectivity index is 1.93.